The predicted molar refractivity (Wildman–Crippen MR) is 84.8 cm³/mol. The van der Waals surface area contributed by atoms with Crippen molar-refractivity contribution in [1.29, 1.82) is 0 Å². The summed E-state index contributed by atoms with van der Waals surface area (Å²) in [7, 11) is 0. The molecular weight excluding hydrogens is 296 g/mol. The summed E-state index contributed by atoms with van der Waals surface area (Å²) in [6, 6.07) is 5.24. The lowest BCUT2D eigenvalue weighted by molar-refractivity contribution is -0.121. The number of nitrogens with one attached hydrogen (secondary N) is 1. The van der Waals surface area contributed by atoms with Crippen molar-refractivity contribution in [2.75, 3.05) is 13.1 Å². The average Bonchev–Trinajstić information content (AvgIpc) is 3.20. The minimum Gasteiger partial charge on any atom is -0.469 e. The lowest BCUT2D eigenvalue weighted by Gasteiger charge is -2.21. The van der Waals surface area contributed by atoms with Crippen LogP contribution in [0.4, 0.5) is 0 Å². The standard InChI is InChI=1S/C17H22N2O4/c1-3-8-19(17(21)15-7-11-22-13(15)2)9-6-16(20)18-12-14-5-4-10-23-14/h4-5,7,10-11H,3,6,8-9,12H2,1-2H3,(H,18,20). The Bertz CT molecular complexity index is 631. The Kier molecular flexibility index (Phi) is 6.02. The largest absolute Gasteiger partial charge is 0.469 e. The van der Waals surface area contributed by atoms with Crippen molar-refractivity contribution >= 4 is 11.8 Å². The van der Waals surface area contributed by atoms with E-state index >= 15 is 0 Å². The summed E-state index contributed by atoms with van der Waals surface area (Å²) in [6.45, 7) is 5.09. The third kappa shape index (κ3) is 4.74. The number of carbonyl (C=O) groups is 2. The number of hydrogen-bond acceptors (Lipinski definition) is 4. The molecule has 0 saturated heterocycles. The second-order valence-corrected chi connectivity index (χ2v) is 5.29. The highest BCUT2D eigenvalue weighted by molar-refractivity contribution is 5.95. The maximum Gasteiger partial charge on any atom is 0.257 e. The molecule has 0 aromatic carbocycles. The molecule has 0 spiro atoms. The lowest BCUT2D eigenvalue weighted by atomic mass is 10.2. The first-order chi connectivity index (χ1) is 11.1. The number of hydrogen-bond donors (Lipinski definition) is 1. The van der Waals surface area contributed by atoms with Crippen LogP contribution in [0.25, 0.3) is 0 Å². The van der Waals surface area contributed by atoms with E-state index in [2.05, 4.69) is 5.32 Å². The maximum absolute atomic E-state index is 12.5. The first kappa shape index (κ1) is 16.9. The predicted octanol–water partition coefficient (Wildman–Crippen LogP) is 2.74. The Labute approximate surface area is 135 Å². The van der Waals surface area contributed by atoms with E-state index < -0.39 is 0 Å². The van der Waals surface area contributed by atoms with Gasteiger partial charge in [0.15, 0.2) is 0 Å². The first-order valence-electron chi connectivity index (χ1n) is 7.74. The smallest absolute Gasteiger partial charge is 0.257 e. The summed E-state index contributed by atoms with van der Waals surface area (Å²) in [6.07, 6.45) is 4.15. The summed E-state index contributed by atoms with van der Waals surface area (Å²) in [5.41, 5.74) is 0.550. The molecule has 0 saturated carbocycles. The van der Waals surface area contributed by atoms with Crippen LogP contribution in [0.1, 0.15) is 41.6 Å². The minimum absolute atomic E-state index is 0.100. The number of amides is 2. The topological polar surface area (TPSA) is 75.7 Å². The van der Waals surface area contributed by atoms with E-state index in [1.165, 1.54) is 6.26 Å². The first-order valence-corrected chi connectivity index (χ1v) is 7.74. The van der Waals surface area contributed by atoms with Crippen molar-refractivity contribution in [2.24, 2.45) is 0 Å². The highest BCUT2D eigenvalue weighted by Gasteiger charge is 2.19. The van der Waals surface area contributed by atoms with E-state index in [-0.39, 0.29) is 18.2 Å². The Morgan fingerprint density at radius 2 is 2.00 bits per heavy atom. The molecule has 124 valence electrons. The molecular formula is C17H22N2O4. The monoisotopic (exact) mass is 318 g/mol. The van der Waals surface area contributed by atoms with Crippen molar-refractivity contribution < 1.29 is 18.4 Å². The molecule has 0 radical (unpaired) electrons. The van der Waals surface area contributed by atoms with Gasteiger partial charge in [-0.25, -0.2) is 0 Å². The van der Waals surface area contributed by atoms with E-state index in [1.807, 2.05) is 6.92 Å². The van der Waals surface area contributed by atoms with Crippen LogP contribution in [0, 0.1) is 6.92 Å². The van der Waals surface area contributed by atoms with E-state index in [0.29, 0.717) is 36.7 Å². The minimum atomic E-state index is -0.112. The number of furan rings is 2. The molecule has 0 bridgehead atoms. The molecule has 0 aliphatic heterocycles. The molecule has 2 rings (SSSR count). The zero-order valence-electron chi connectivity index (χ0n) is 13.5. The van der Waals surface area contributed by atoms with Gasteiger partial charge in [0, 0.05) is 19.5 Å². The van der Waals surface area contributed by atoms with Gasteiger partial charge in [0.25, 0.3) is 5.91 Å². The number of rotatable bonds is 8. The molecule has 2 aromatic rings. The Morgan fingerprint density at radius 1 is 1.17 bits per heavy atom. The van der Waals surface area contributed by atoms with Crippen molar-refractivity contribution in [3.05, 3.63) is 47.8 Å². The van der Waals surface area contributed by atoms with Gasteiger partial charge in [-0.1, -0.05) is 6.92 Å². The van der Waals surface area contributed by atoms with Crippen LogP contribution >= 0.6 is 0 Å². The fourth-order valence-electron chi connectivity index (χ4n) is 2.29. The maximum atomic E-state index is 12.5. The fraction of sp³-hybridized carbons (Fsp3) is 0.412. The molecule has 2 amide bonds. The summed E-state index contributed by atoms with van der Waals surface area (Å²) in [5.74, 6) is 1.09. The molecule has 0 aliphatic rings. The van der Waals surface area contributed by atoms with Gasteiger partial charge in [0.05, 0.1) is 24.6 Å². The van der Waals surface area contributed by atoms with Crippen LogP contribution < -0.4 is 5.32 Å². The fourth-order valence-corrected chi connectivity index (χ4v) is 2.29. The van der Waals surface area contributed by atoms with Gasteiger partial charge in [-0.2, -0.15) is 0 Å². The lowest BCUT2D eigenvalue weighted by Crippen LogP contribution is -2.35. The Hall–Kier alpha value is -2.50. The number of aryl methyl sites for hydroxylation is 1. The zero-order valence-corrected chi connectivity index (χ0v) is 13.5. The van der Waals surface area contributed by atoms with Crippen molar-refractivity contribution in [3.63, 3.8) is 0 Å². The highest BCUT2D eigenvalue weighted by Crippen LogP contribution is 2.13. The van der Waals surface area contributed by atoms with Gasteiger partial charge in [-0.3, -0.25) is 9.59 Å². The molecule has 0 unspecified atom stereocenters. The normalized spacial score (nSPS) is 10.5. The number of nitrogens with zero attached hydrogens (tertiary/aromatic N) is 1. The Morgan fingerprint density at radius 3 is 2.61 bits per heavy atom. The van der Waals surface area contributed by atoms with Gasteiger partial charge >= 0.3 is 0 Å². The molecule has 1 N–H and O–H groups in total. The van der Waals surface area contributed by atoms with Crippen LogP contribution in [0.5, 0.6) is 0 Å². The summed E-state index contributed by atoms with van der Waals surface area (Å²) in [5, 5.41) is 2.78. The van der Waals surface area contributed by atoms with Crippen molar-refractivity contribution in [1.82, 2.24) is 10.2 Å². The van der Waals surface area contributed by atoms with Crippen LogP contribution in [0.3, 0.4) is 0 Å². The van der Waals surface area contributed by atoms with Crippen LogP contribution in [-0.2, 0) is 11.3 Å². The van der Waals surface area contributed by atoms with Crippen LogP contribution in [-0.4, -0.2) is 29.8 Å². The zero-order chi connectivity index (χ0) is 16.7. The average molecular weight is 318 g/mol. The summed E-state index contributed by atoms with van der Waals surface area (Å²) in [4.78, 5) is 26.1. The highest BCUT2D eigenvalue weighted by atomic mass is 16.3. The third-order valence-corrected chi connectivity index (χ3v) is 3.52. The molecule has 0 atom stereocenters. The van der Waals surface area contributed by atoms with E-state index in [9.17, 15) is 9.59 Å². The van der Waals surface area contributed by atoms with Gasteiger partial charge in [0.2, 0.25) is 5.91 Å². The van der Waals surface area contributed by atoms with E-state index in [1.54, 1.807) is 36.3 Å². The molecule has 0 fully saturated rings. The van der Waals surface area contributed by atoms with Crippen molar-refractivity contribution in [2.45, 2.75) is 33.2 Å². The van der Waals surface area contributed by atoms with Crippen LogP contribution in [0.2, 0.25) is 0 Å². The third-order valence-electron chi connectivity index (χ3n) is 3.52. The molecule has 6 heteroatoms. The summed E-state index contributed by atoms with van der Waals surface area (Å²) < 4.78 is 10.3. The number of carbonyl (C=O) groups excluding carboxylic acids is 2. The van der Waals surface area contributed by atoms with E-state index in [0.717, 1.165) is 6.42 Å². The second kappa shape index (κ2) is 8.22. The van der Waals surface area contributed by atoms with E-state index in [4.69, 9.17) is 8.83 Å². The van der Waals surface area contributed by atoms with Crippen LogP contribution in [0.15, 0.2) is 39.6 Å². The van der Waals surface area contributed by atoms with Gasteiger partial charge in [-0.15, -0.1) is 0 Å². The summed E-state index contributed by atoms with van der Waals surface area (Å²) >= 11 is 0. The van der Waals surface area contributed by atoms with Crippen molar-refractivity contribution in [3.8, 4) is 0 Å². The van der Waals surface area contributed by atoms with Gasteiger partial charge in [0.1, 0.15) is 11.5 Å². The second-order valence-electron chi connectivity index (χ2n) is 5.29. The van der Waals surface area contributed by atoms with Gasteiger partial charge in [-0.05, 0) is 31.5 Å². The molecule has 6 nitrogen and oxygen atoms in total. The molecule has 23 heavy (non-hydrogen) atoms. The molecule has 0 aliphatic carbocycles. The molecule has 2 aromatic heterocycles. The molecule has 2 heterocycles. The Balaban J connectivity index is 1.85. The quantitative estimate of drug-likeness (QED) is 0.812. The van der Waals surface area contributed by atoms with Gasteiger partial charge < -0.3 is 19.1 Å². The SMILES string of the molecule is CCCN(CCC(=O)NCc1ccco1)C(=O)c1ccoc1C.